The maximum Gasteiger partial charge on any atom is 0.167 e. The van der Waals surface area contributed by atoms with Gasteiger partial charge >= 0.3 is 0 Å². The molecule has 0 bridgehead atoms. The molecule has 1 aromatic heterocycles. The molecule has 0 spiro atoms. The van der Waals surface area contributed by atoms with E-state index in [-0.39, 0.29) is 5.02 Å². The van der Waals surface area contributed by atoms with Gasteiger partial charge < -0.3 is 0 Å². The van der Waals surface area contributed by atoms with Gasteiger partial charge in [0.15, 0.2) is 5.82 Å². The largest absolute Gasteiger partial charge is 0.214 e. The van der Waals surface area contributed by atoms with Crippen molar-refractivity contribution in [2.45, 2.75) is 5.33 Å². The standard InChI is InChI=1S/C9H6BrClFN3/c10-4-6-5-13-14-15(6)8-3-1-2-7(11)9(8)12/h1-3,5H,4H2. The van der Waals surface area contributed by atoms with Gasteiger partial charge in [-0.25, -0.2) is 9.07 Å². The normalized spacial score (nSPS) is 10.6. The number of hydrogen-bond donors (Lipinski definition) is 0. The van der Waals surface area contributed by atoms with E-state index < -0.39 is 5.82 Å². The van der Waals surface area contributed by atoms with Crippen LogP contribution in [0.5, 0.6) is 0 Å². The molecule has 78 valence electrons. The molecule has 0 N–H and O–H groups in total. The van der Waals surface area contributed by atoms with Crippen LogP contribution in [0.4, 0.5) is 4.39 Å². The second-order valence-corrected chi connectivity index (χ2v) is 3.81. The van der Waals surface area contributed by atoms with Gasteiger partial charge in [-0.3, -0.25) is 0 Å². The topological polar surface area (TPSA) is 30.7 Å². The minimum absolute atomic E-state index is 0.0727. The highest BCUT2D eigenvalue weighted by Crippen LogP contribution is 2.22. The zero-order chi connectivity index (χ0) is 10.8. The predicted molar refractivity (Wildman–Crippen MR) is 59.0 cm³/mol. The van der Waals surface area contributed by atoms with Gasteiger partial charge in [0, 0.05) is 5.33 Å². The fourth-order valence-electron chi connectivity index (χ4n) is 1.21. The molecular formula is C9H6BrClFN3. The van der Waals surface area contributed by atoms with E-state index in [9.17, 15) is 4.39 Å². The van der Waals surface area contributed by atoms with Crippen molar-refractivity contribution in [2.75, 3.05) is 0 Å². The lowest BCUT2D eigenvalue weighted by Crippen LogP contribution is -2.03. The first-order chi connectivity index (χ1) is 7.24. The van der Waals surface area contributed by atoms with Crippen LogP contribution in [-0.2, 0) is 5.33 Å². The summed E-state index contributed by atoms with van der Waals surface area (Å²) in [5.74, 6) is -0.494. The summed E-state index contributed by atoms with van der Waals surface area (Å²) in [6.07, 6.45) is 1.56. The Morgan fingerprint density at radius 1 is 1.47 bits per heavy atom. The van der Waals surface area contributed by atoms with Crippen LogP contribution in [0.3, 0.4) is 0 Å². The van der Waals surface area contributed by atoms with E-state index in [2.05, 4.69) is 26.2 Å². The van der Waals surface area contributed by atoms with E-state index >= 15 is 0 Å². The minimum Gasteiger partial charge on any atom is -0.214 e. The maximum atomic E-state index is 13.6. The first-order valence-electron chi connectivity index (χ1n) is 4.14. The molecule has 0 saturated carbocycles. The molecule has 15 heavy (non-hydrogen) atoms. The first kappa shape index (κ1) is 10.6. The van der Waals surface area contributed by atoms with Gasteiger partial charge in [0.05, 0.1) is 16.9 Å². The number of alkyl halides is 1. The smallest absolute Gasteiger partial charge is 0.167 e. The summed E-state index contributed by atoms with van der Waals surface area (Å²) < 4.78 is 15.1. The van der Waals surface area contributed by atoms with Gasteiger partial charge in [0.25, 0.3) is 0 Å². The van der Waals surface area contributed by atoms with Gasteiger partial charge in [-0.2, -0.15) is 0 Å². The Labute approximate surface area is 99.0 Å². The quantitative estimate of drug-likeness (QED) is 0.796. The number of aromatic nitrogens is 3. The molecule has 1 heterocycles. The van der Waals surface area contributed by atoms with E-state index in [4.69, 9.17) is 11.6 Å². The second kappa shape index (κ2) is 4.28. The predicted octanol–water partition coefficient (Wildman–Crippen LogP) is 2.95. The summed E-state index contributed by atoms with van der Waals surface area (Å²) >= 11 is 8.95. The summed E-state index contributed by atoms with van der Waals surface area (Å²) in [5, 5.41) is 8.13. The number of hydrogen-bond acceptors (Lipinski definition) is 2. The monoisotopic (exact) mass is 289 g/mol. The average molecular weight is 291 g/mol. The summed E-state index contributed by atoms with van der Waals surface area (Å²) in [7, 11) is 0. The number of halogens is 3. The fourth-order valence-corrected chi connectivity index (χ4v) is 1.76. The summed E-state index contributed by atoms with van der Waals surface area (Å²) in [6.45, 7) is 0. The minimum atomic E-state index is -0.494. The molecule has 0 atom stereocenters. The van der Waals surface area contributed by atoms with E-state index in [1.807, 2.05) is 0 Å². The summed E-state index contributed by atoms with van der Waals surface area (Å²) in [5.41, 5.74) is 1.06. The van der Waals surface area contributed by atoms with Crippen LogP contribution in [-0.4, -0.2) is 15.0 Å². The lowest BCUT2D eigenvalue weighted by Gasteiger charge is -2.05. The zero-order valence-corrected chi connectivity index (χ0v) is 9.83. The Kier molecular flexibility index (Phi) is 3.02. The molecule has 0 aliphatic rings. The van der Waals surface area contributed by atoms with Gasteiger partial charge in [-0.1, -0.05) is 38.8 Å². The molecule has 2 rings (SSSR count). The molecule has 2 aromatic rings. The molecule has 3 nitrogen and oxygen atoms in total. The Morgan fingerprint density at radius 2 is 2.27 bits per heavy atom. The highest BCUT2D eigenvalue weighted by molar-refractivity contribution is 9.08. The van der Waals surface area contributed by atoms with E-state index in [0.717, 1.165) is 5.69 Å². The molecule has 0 amide bonds. The second-order valence-electron chi connectivity index (χ2n) is 2.84. The van der Waals surface area contributed by atoms with Gasteiger partial charge in [-0.05, 0) is 12.1 Å². The van der Waals surface area contributed by atoms with Crippen molar-refractivity contribution in [3.63, 3.8) is 0 Å². The van der Waals surface area contributed by atoms with Crippen molar-refractivity contribution in [3.05, 3.63) is 40.9 Å². The highest BCUT2D eigenvalue weighted by atomic mass is 79.9. The van der Waals surface area contributed by atoms with Crippen LogP contribution >= 0.6 is 27.5 Å². The molecule has 0 saturated heterocycles. The molecular weight excluding hydrogens is 284 g/mol. The van der Waals surface area contributed by atoms with E-state index in [1.165, 1.54) is 10.7 Å². The third-order valence-electron chi connectivity index (χ3n) is 1.92. The Hall–Kier alpha value is -0.940. The van der Waals surface area contributed by atoms with Crippen molar-refractivity contribution < 1.29 is 4.39 Å². The number of rotatable bonds is 2. The summed E-state index contributed by atoms with van der Waals surface area (Å²) in [4.78, 5) is 0. The fraction of sp³-hybridized carbons (Fsp3) is 0.111. The molecule has 6 heteroatoms. The van der Waals surface area contributed by atoms with Crippen LogP contribution in [0.15, 0.2) is 24.4 Å². The van der Waals surface area contributed by atoms with Crippen molar-refractivity contribution in [2.24, 2.45) is 0 Å². The SMILES string of the molecule is Fc1c(Cl)cccc1-n1nncc1CBr. The average Bonchev–Trinajstić information content (AvgIpc) is 2.70. The lowest BCUT2D eigenvalue weighted by molar-refractivity contribution is 0.605. The van der Waals surface area contributed by atoms with Crippen molar-refractivity contribution in [3.8, 4) is 5.69 Å². The number of nitrogens with zero attached hydrogens (tertiary/aromatic N) is 3. The first-order valence-corrected chi connectivity index (χ1v) is 5.64. The molecule has 0 unspecified atom stereocenters. The van der Waals surface area contributed by atoms with Crippen LogP contribution in [0, 0.1) is 5.82 Å². The molecule has 1 aromatic carbocycles. The van der Waals surface area contributed by atoms with Crippen LogP contribution < -0.4 is 0 Å². The zero-order valence-electron chi connectivity index (χ0n) is 7.49. The van der Waals surface area contributed by atoms with Gasteiger partial charge in [0.2, 0.25) is 0 Å². The Bertz CT molecular complexity index is 486. The van der Waals surface area contributed by atoms with Gasteiger partial charge in [0.1, 0.15) is 5.69 Å². The Morgan fingerprint density at radius 3 is 3.00 bits per heavy atom. The Balaban J connectivity index is 2.59. The highest BCUT2D eigenvalue weighted by Gasteiger charge is 2.11. The van der Waals surface area contributed by atoms with Crippen molar-refractivity contribution >= 4 is 27.5 Å². The van der Waals surface area contributed by atoms with Crippen LogP contribution in [0.1, 0.15) is 5.69 Å². The maximum absolute atomic E-state index is 13.6. The molecule has 0 aliphatic heterocycles. The van der Waals surface area contributed by atoms with Gasteiger partial charge in [-0.15, -0.1) is 5.10 Å². The van der Waals surface area contributed by atoms with Crippen LogP contribution in [0.25, 0.3) is 5.69 Å². The number of benzene rings is 1. The van der Waals surface area contributed by atoms with E-state index in [1.54, 1.807) is 18.3 Å². The molecule has 0 fully saturated rings. The third kappa shape index (κ3) is 1.89. The summed E-state index contributed by atoms with van der Waals surface area (Å²) in [6, 6.07) is 4.76. The van der Waals surface area contributed by atoms with Crippen LogP contribution in [0.2, 0.25) is 5.02 Å². The molecule has 0 aliphatic carbocycles. The third-order valence-corrected chi connectivity index (χ3v) is 2.78. The van der Waals surface area contributed by atoms with Crippen molar-refractivity contribution in [1.82, 2.24) is 15.0 Å². The molecule has 0 radical (unpaired) electrons. The van der Waals surface area contributed by atoms with Crippen molar-refractivity contribution in [1.29, 1.82) is 0 Å². The van der Waals surface area contributed by atoms with E-state index in [0.29, 0.717) is 11.0 Å². The lowest BCUT2D eigenvalue weighted by atomic mass is 10.3.